The van der Waals surface area contributed by atoms with Gasteiger partial charge in [-0.1, -0.05) is 18.2 Å². The number of aromatic nitrogens is 2. The Morgan fingerprint density at radius 3 is 2.85 bits per heavy atom. The van der Waals surface area contributed by atoms with Crippen molar-refractivity contribution in [3.05, 3.63) is 58.4 Å². The van der Waals surface area contributed by atoms with Gasteiger partial charge in [-0.05, 0) is 36.8 Å². The molecule has 0 spiro atoms. The third kappa shape index (κ3) is 3.24. The van der Waals surface area contributed by atoms with Gasteiger partial charge >= 0.3 is 5.97 Å². The van der Waals surface area contributed by atoms with Gasteiger partial charge in [-0.25, -0.2) is 9.99 Å². The van der Waals surface area contributed by atoms with Crippen LogP contribution in [0.4, 0.5) is 5.95 Å². The normalized spacial score (nSPS) is 16.0. The second-order valence-corrected chi connectivity index (χ2v) is 6.23. The fraction of sp³-hybridized carbons (Fsp3) is 0.158. The van der Waals surface area contributed by atoms with E-state index in [1.54, 1.807) is 18.2 Å². The zero-order chi connectivity index (χ0) is 19.0. The fourth-order valence-electron chi connectivity index (χ4n) is 2.81. The molecule has 2 aromatic carbocycles. The molecule has 1 aliphatic heterocycles. The van der Waals surface area contributed by atoms with Crippen molar-refractivity contribution < 1.29 is 14.6 Å². The summed E-state index contributed by atoms with van der Waals surface area (Å²) in [5.41, 5.74) is 1.11. The SMILES string of the molecule is Cc1ccccc1Oc1ccc2nc(N3CC(C(=O)O)C=N3)[nH]c(=O)c2c1. The summed E-state index contributed by atoms with van der Waals surface area (Å²) in [5, 5.41) is 14.8. The molecule has 0 radical (unpaired) electrons. The van der Waals surface area contributed by atoms with Crippen molar-refractivity contribution in [3.63, 3.8) is 0 Å². The summed E-state index contributed by atoms with van der Waals surface area (Å²) in [4.78, 5) is 30.6. The summed E-state index contributed by atoms with van der Waals surface area (Å²) in [6.45, 7) is 2.07. The maximum Gasteiger partial charge on any atom is 0.313 e. The van der Waals surface area contributed by atoms with Crippen LogP contribution in [0.3, 0.4) is 0 Å². The number of rotatable bonds is 4. The number of ether oxygens (including phenoxy) is 1. The minimum atomic E-state index is -0.970. The van der Waals surface area contributed by atoms with Crippen molar-refractivity contribution in [3.8, 4) is 11.5 Å². The lowest BCUT2D eigenvalue weighted by Crippen LogP contribution is -2.26. The van der Waals surface area contributed by atoms with Crippen LogP contribution in [0.15, 0.2) is 52.4 Å². The van der Waals surface area contributed by atoms with Gasteiger partial charge in [0.1, 0.15) is 17.4 Å². The molecule has 0 aliphatic carbocycles. The van der Waals surface area contributed by atoms with Crippen molar-refractivity contribution in [2.75, 3.05) is 11.6 Å². The van der Waals surface area contributed by atoms with E-state index in [0.717, 1.165) is 5.56 Å². The number of hydrogen-bond acceptors (Lipinski definition) is 6. The number of carboxylic acid groups (broad SMARTS) is 1. The molecule has 3 aromatic rings. The molecular formula is C19H16N4O4. The number of aryl methyl sites for hydroxylation is 1. The fourth-order valence-corrected chi connectivity index (χ4v) is 2.81. The van der Waals surface area contributed by atoms with E-state index in [-0.39, 0.29) is 18.1 Å². The largest absolute Gasteiger partial charge is 0.481 e. The molecule has 4 rings (SSSR count). The molecule has 0 saturated carbocycles. The van der Waals surface area contributed by atoms with E-state index >= 15 is 0 Å². The first-order chi connectivity index (χ1) is 13.0. The average Bonchev–Trinajstić information content (AvgIpc) is 3.14. The summed E-state index contributed by atoms with van der Waals surface area (Å²) in [7, 11) is 0. The topological polar surface area (TPSA) is 108 Å². The second kappa shape index (κ2) is 6.56. The number of benzene rings is 2. The lowest BCUT2D eigenvalue weighted by atomic mass is 10.2. The van der Waals surface area contributed by atoms with E-state index in [4.69, 9.17) is 9.84 Å². The minimum Gasteiger partial charge on any atom is -0.481 e. The smallest absolute Gasteiger partial charge is 0.313 e. The molecule has 1 unspecified atom stereocenters. The zero-order valence-corrected chi connectivity index (χ0v) is 14.4. The molecule has 1 atom stereocenters. The standard InChI is InChI=1S/C19H16N4O4/c1-11-4-2-3-5-16(11)27-13-6-7-15-14(8-13)17(24)22-19(21-15)23-10-12(9-20-23)18(25)26/h2-9,12H,10H2,1H3,(H,25,26)(H,21,22,24). The molecule has 1 aliphatic rings. The van der Waals surface area contributed by atoms with Crippen molar-refractivity contribution in [1.82, 2.24) is 9.97 Å². The Kier molecular flexibility index (Phi) is 4.08. The Hall–Kier alpha value is -3.68. The number of aromatic amines is 1. The van der Waals surface area contributed by atoms with Crippen molar-refractivity contribution in [1.29, 1.82) is 0 Å². The van der Waals surface area contributed by atoms with Gasteiger partial charge in [0.05, 0.1) is 17.4 Å². The molecule has 27 heavy (non-hydrogen) atoms. The van der Waals surface area contributed by atoms with Crippen LogP contribution in [0.25, 0.3) is 10.9 Å². The molecular weight excluding hydrogens is 348 g/mol. The monoisotopic (exact) mass is 364 g/mol. The van der Waals surface area contributed by atoms with Gasteiger partial charge in [0.25, 0.3) is 5.56 Å². The molecule has 1 aromatic heterocycles. The molecule has 2 N–H and O–H groups in total. The third-order valence-corrected chi connectivity index (χ3v) is 4.30. The van der Waals surface area contributed by atoms with Crippen LogP contribution in [0.5, 0.6) is 11.5 Å². The van der Waals surface area contributed by atoms with Crippen LogP contribution in [-0.2, 0) is 4.79 Å². The first-order valence-corrected chi connectivity index (χ1v) is 8.33. The highest BCUT2D eigenvalue weighted by atomic mass is 16.5. The zero-order valence-electron chi connectivity index (χ0n) is 14.4. The predicted octanol–water partition coefficient (Wildman–Crippen LogP) is 2.53. The number of carboxylic acids is 1. The van der Waals surface area contributed by atoms with Gasteiger partial charge in [0.15, 0.2) is 0 Å². The van der Waals surface area contributed by atoms with Crippen molar-refractivity contribution >= 4 is 29.0 Å². The summed E-state index contributed by atoms with van der Waals surface area (Å²) >= 11 is 0. The number of fused-ring (bicyclic) bond motifs is 1. The maximum absolute atomic E-state index is 12.5. The molecule has 2 heterocycles. The summed E-state index contributed by atoms with van der Waals surface area (Å²) in [6.07, 6.45) is 1.33. The van der Waals surface area contributed by atoms with Gasteiger partial charge in [-0.3, -0.25) is 14.6 Å². The van der Waals surface area contributed by atoms with Crippen LogP contribution < -0.4 is 15.3 Å². The molecule has 8 heteroatoms. The van der Waals surface area contributed by atoms with E-state index in [1.807, 2.05) is 31.2 Å². The Morgan fingerprint density at radius 1 is 1.30 bits per heavy atom. The number of anilines is 1. The predicted molar refractivity (Wildman–Crippen MR) is 101 cm³/mol. The van der Waals surface area contributed by atoms with Crippen molar-refractivity contribution in [2.24, 2.45) is 11.0 Å². The van der Waals surface area contributed by atoms with Crippen LogP contribution >= 0.6 is 0 Å². The molecule has 136 valence electrons. The number of hydrogen-bond donors (Lipinski definition) is 2. The van der Waals surface area contributed by atoms with Crippen LogP contribution in [0, 0.1) is 12.8 Å². The summed E-state index contributed by atoms with van der Waals surface area (Å²) < 4.78 is 5.86. The first-order valence-electron chi connectivity index (χ1n) is 8.33. The number of carbonyl (C=O) groups is 1. The highest BCUT2D eigenvalue weighted by Crippen LogP contribution is 2.27. The average molecular weight is 364 g/mol. The van der Waals surface area contributed by atoms with Gasteiger partial charge in [0.2, 0.25) is 5.95 Å². The number of nitrogens with one attached hydrogen (secondary N) is 1. The van der Waals surface area contributed by atoms with Crippen LogP contribution in [-0.4, -0.2) is 33.8 Å². The molecule has 0 saturated heterocycles. The highest BCUT2D eigenvalue weighted by molar-refractivity contribution is 5.91. The van der Waals surface area contributed by atoms with Crippen molar-refractivity contribution in [2.45, 2.75) is 6.92 Å². The van der Waals surface area contributed by atoms with E-state index in [2.05, 4.69) is 15.1 Å². The highest BCUT2D eigenvalue weighted by Gasteiger charge is 2.26. The van der Waals surface area contributed by atoms with Gasteiger partial charge in [0, 0.05) is 6.21 Å². The van der Waals surface area contributed by atoms with Gasteiger partial charge < -0.3 is 9.84 Å². The Morgan fingerprint density at radius 2 is 2.11 bits per heavy atom. The Bertz CT molecular complexity index is 1120. The van der Waals surface area contributed by atoms with Gasteiger partial charge in [-0.15, -0.1) is 0 Å². The summed E-state index contributed by atoms with van der Waals surface area (Å²) in [6, 6.07) is 12.7. The van der Waals surface area contributed by atoms with E-state index in [0.29, 0.717) is 22.4 Å². The maximum atomic E-state index is 12.5. The van der Waals surface area contributed by atoms with E-state index in [1.165, 1.54) is 11.2 Å². The number of nitrogens with zero attached hydrogens (tertiary/aromatic N) is 3. The first kappa shape index (κ1) is 16.8. The minimum absolute atomic E-state index is 0.123. The van der Waals surface area contributed by atoms with Gasteiger partial charge in [-0.2, -0.15) is 5.10 Å². The summed E-state index contributed by atoms with van der Waals surface area (Å²) in [5.74, 6) is -0.246. The Labute approximate surface area is 153 Å². The second-order valence-electron chi connectivity index (χ2n) is 6.23. The number of aliphatic carboxylic acids is 1. The third-order valence-electron chi connectivity index (χ3n) is 4.30. The molecule has 0 bridgehead atoms. The number of hydrazone groups is 1. The molecule has 0 amide bonds. The quantitative estimate of drug-likeness (QED) is 0.736. The van der Waals surface area contributed by atoms with Crippen LogP contribution in [0.2, 0.25) is 0 Å². The molecule has 0 fully saturated rings. The lowest BCUT2D eigenvalue weighted by Gasteiger charge is -2.14. The Balaban J connectivity index is 1.65. The van der Waals surface area contributed by atoms with Crippen LogP contribution in [0.1, 0.15) is 5.56 Å². The molecule has 8 nitrogen and oxygen atoms in total. The van der Waals surface area contributed by atoms with E-state index in [9.17, 15) is 9.59 Å². The lowest BCUT2D eigenvalue weighted by molar-refractivity contribution is -0.138. The number of para-hydroxylation sites is 1. The number of H-pyrrole nitrogens is 1. The van der Waals surface area contributed by atoms with E-state index < -0.39 is 11.9 Å².